The fourth-order valence-corrected chi connectivity index (χ4v) is 4.13. The number of hydrogen-bond donors (Lipinski definition) is 2. The van der Waals surface area contributed by atoms with E-state index in [9.17, 15) is 10.1 Å². The van der Waals surface area contributed by atoms with Crippen molar-refractivity contribution in [3.05, 3.63) is 65.6 Å². The predicted molar refractivity (Wildman–Crippen MR) is 132 cm³/mol. The van der Waals surface area contributed by atoms with Crippen molar-refractivity contribution in [2.45, 2.75) is 26.3 Å². The smallest absolute Gasteiger partial charge is 0.270 e. The molecule has 0 aromatic carbocycles. The molecular formula is C26H29N7O2. The van der Waals surface area contributed by atoms with Gasteiger partial charge in [-0.05, 0) is 68.6 Å². The van der Waals surface area contributed by atoms with E-state index in [0.29, 0.717) is 19.1 Å². The Morgan fingerprint density at radius 1 is 1.23 bits per heavy atom. The molecule has 4 rings (SSSR count). The number of hydrogen-bond acceptors (Lipinski definition) is 8. The maximum atomic E-state index is 12.6. The summed E-state index contributed by atoms with van der Waals surface area (Å²) >= 11 is 0. The maximum absolute atomic E-state index is 12.6. The summed E-state index contributed by atoms with van der Waals surface area (Å²) < 4.78 is 5.38. The van der Waals surface area contributed by atoms with Gasteiger partial charge in [0.05, 0.1) is 23.7 Å². The van der Waals surface area contributed by atoms with Gasteiger partial charge in [-0.2, -0.15) is 5.26 Å². The van der Waals surface area contributed by atoms with Crippen LogP contribution < -0.4 is 15.8 Å². The molecule has 1 aliphatic heterocycles. The second-order valence-electron chi connectivity index (χ2n) is 8.52. The number of ether oxygens (including phenoxy) is 1. The Bertz CT molecular complexity index is 1180. The average molecular weight is 472 g/mol. The Hall–Kier alpha value is -4.03. The highest BCUT2D eigenvalue weighted by Gasteiger charge is 2.21. The number of anilines is 1. The quantitative estimate of drug-likeness (QED) is 0.513. The van der Waals surface area contributed by atoms with E-state index in [1.165, 1.54) is 11.6 Å². The topological polar surface area (TPSA) is 130 Å². The summed E-state index contributed by atoms with van der Waals surface area (Å²) in [4.78, 5) is 28.1. The van der Waals surface area contributed by atoms with E-state index in [-0.39, 0.29) is 28.7 Å². The summed E-state index contributed by atoms with van der Waals surface area (Å²) in [7, 11) is 0. The van der Waals surface area contributed by atoms with E-state index in [1.807, 2.05) is 36.5 Å². The van der Waals surface area contributed by atoms with Gasteiger partial charge in [0.2, 0.25) is 5.88 Å². The van der Waals surface area contributed by atoms with Crippen molar-refractivity contribution >= 4 is 11.6 Å². The zero-order chi connectivity index (χ0) is 24.6. The molecule has 9 heteroatoms. The van der Waals surface area contributed by atoms with Crippen LogP contribution in [-0.4, -0.2) is 52.0 Å². The summed E-state index contributed by atoms with van der Waals surface area (Å²) in [5, 5.41) is 12.2. The Morgan fingerprint density at radius 3 is 2.69 bits per heavy atom. The van der Waals surface area contributed by atoms with Crippen molar-refractivity contribution in [1.29, 1.82) is 5.26 Å². The van der Waals surface area contributed by atoms with Crippen molar-refractivity contribution in [3.8, 4) is 23.3 Å². The third-order valence-corrected chi connectivity index (χ3v) is 6.06. The van der Waals surface area contributed by atoms with Crippen LogP contribution >= 0.6 is 0 Å². The van der Waals surface area contributed by atoms with Crippen LogP contribution in [-0.2, 0) is 6.54 Å². The van der Waals surface area contributed by atoms with E-state index in [2.05, 4.69) is 31.2 Å². The van der Waals surface area contributed by atoms with Crippen LogP contribution in [0.15, 0.2) is 48.8 Å². The number of pyridine rings is 3. The first kappa shape index (κ1) is 24.1. The van der Waals surface area contributed by atoms with Gasteiger partial charge in [-0.15, -0.1) is 0 Å². The van der Waals surface area contributed by atoms with Crippen molar-refractivity contribution in [3.63, 3.8) is 0 Å². The molecule has 0 atom stereocenters. The van der Waals surface area contributed by atoms with Gasteiger partial charge in [0.1, 0.15) is 17.3 Å². The lowest BCUT2D eigenvalue weighted by Crippen LogP contribution is -2.38. The fourth-order valence-electron chi connectivity index (χ4n) is 4.13. The lowest BCUT2D eigenvalue weighted by atomic mass is 9.96. The molecule has 1 aliphatic rings. The van der Waals surface area contributed by atoms with Crippen molar-refractivity contribution in [2.24, 2.45) is 5.92 Å². The maximum Gasteiger partial charge on any atom is 0.270 e. The number of amides is 1. The summed E-state index contributed by atoms with van der Waals surface area (Å²) in [6.45, 7) is 5.45. The summed E-state index contributed by atoms with van der Waals surface area (Å²) in [6, 6.07) is 13.3. The molecule has 180 valence electrons. The molecule has 0 saturated carbocycles. The highest BCUT2D eigenvalue weighted by atomic mass is 16.5. The Morgan fingerprint density at radius 2 is 2.03 bits per heavy atom. The van der Waals surface area contributed by atoms with Crippen LogP contribution in [0.3, 0.4) is 0 Å². The molecule has 35 heavy (non-hydrogen) atoms. The standard InChI is InChI=1S/C26H29N7O2/c1-2-35-26-20(14-27)21(28)13-24(32-26)25(34)31-15-18-8-11-33(12-9-18)17-19-6-7-23(30-16-19)22-5-3-4-10-29-22/h3-7,10,13,16,18H,2,8-9,11-12,15,17H2,1H3,(H2,28,32)(H,31,34). The van der Waals surface area contributed by atoms with Crippen LogP contribution in [0.4, 0.5) is 5.69 Å². The number of carbonyl (C=O) groups excluding carboxylic acids is 1. The Labute approximate surface area is 205 Å². The highest BCUT2D eigenvalue weighted by molar-refractivity contribution is 5.93. The number of nitrogens with one attached hydrogen (secondary N) is 1. The first-order chi connectivity index (χ1) is 17.1. The van der Waals surface area contributed by atoms with E-state index < -0.39 is 0 Å². The molecule has 3 aromatic heterocycles. The van der Waals surface area contributed by atoms with Crippen LogP contribution in [0.5, 0.6) is 5.88 Å². The minimum absolute atomic E-state index is 0.0935. The van der Waals surface area contributed by atoms with Gasteiger partial charge in [0.25, 0.3) is 5.91 Å². The average Bonchev–Trinajstić information content (AvgIpc) is 2.89. The summed E-state index contributed by atoms with van der Waals surface area (Å²) in [5.41, 5.74) is 9.33. The van der Waals surface area contributed by atoms with Gasteiger partial charge in [-0.25, -0.2) is 4.98 Å². The van der Waals surface area contributed by atoms with E-state index in [4.69, 9.17) is 10.5 Å². The minimum atomic E-state index is -0.316. The number of aromatic nitrogens is 3. The second kappa shape index (κ2) is 11.4. The molecule has 0 radical (unpaired) electrons. The highest BCUT2D eigenvalue weighted by Crippen LogP contribution is 2.23. The molecule has 3 aromatic rings. The predicted octanol–water partition coefficient (Wildman–Crippen LogP) is 3.03. The number of likely N-dealkylation sites (tertiary alicyclic amines) is 1. The second-order valence-corrected chi connectivity index (χ2v) is 8.52. The summed E-state index contributed by atoms with van der Waals surface area (Å²) in [5.74, 6) is 0.168. The number of carbonyl (C=O) groups is 1. The molecule has 0 unspecified atom stereocenters. The number of rotatable bonds is 8. The van der Waals surface area contributed by atoms with Crippen LogP contribution in [0.25, 0.3) is 11.4 Å². The fraction of sp³-hybridized carbons (Fsp3) is 0.346. The first-order valence-corrected chi connectivity index (χ1v) is 11.8. The molecule has 1 saturated heterocycles. The third-order valence-electron chi connectivity index (χ3n) is 6.06. The van der Waals surface area contributed by atoms with Gasteiger partial charge >= 0.3 is 0 Å². The number of nitrogen functional groups attached to an aromatic ring is 1. The molecule has 4 heterocycles. The molecule has 9 nitrogen and oxygen atoms in total. The number of piperidine rings is 1. The number of nitriles is 1. The molecule has 3 N–H and O–H groups in total. The van der Waals surface area contributed by atoms with Gasteiger partial charge < -0.3 is 15.8 Å². The van der Waals surface area contributed by atoms with Crippen LogP contribution in [0, 0.1) is 17.2 Å². The summed E-state index contributed by atoms with van der Waals surface area (Å²) in [6.07, 6.45) is 5.68. The van der Waals surface area contributed by atoms with Crippen molar-refractivity contribution in [1.82, 2.24) is 25.2 Å². The monoisotopic (exact) mass is 471 g/mol. The number of nitrogens with two attached hydrogens (primary N) is 1. The SMILES string of the molecule is CCOc1nc(C(=O)NCC2CCN(Cc3ccc(-c4ccccn4)nc3)CC2)cc(N)c1C#N. The van der Waals surface area contributed by atoms with Crippen LogP contribution in [0.1, 0.15) is 41.4 Å². The van der Waals surface area contributed by atoms with Gasteiger partial charge in [-0.3, -0.25) is 19.7 Å². The van der Waals surface area contributed by atoms with E-state index >= 15 is 0 Å². The minimum Gasteiger partial charge on any atom is -0.477 e. The largest absolute Gasteiger partial charge is 0.477 e. The lowest BCUT2D eigenvalue weighted by molar-refractivity contribution is 0.0929. The number of nitrogens with zero attached hydrogens (tertiary/aromatic N) is 5. The zero-order valence-electron chi connectivity index (χ0n) is 19.8. The van der Waals surface area contributed by atoms with Gasteiger partial charge in [-0.1, -0.05) is 12.1 Å². The molecule has 0 spiro atoms. The molecule has 0 bridgehead atoms. The Balaban J connectivity index is 1.25. The van der Waals surface area contributed by atoms with Crippen molar-refractivity contribution < 1.29 is 9.53 Å². The lowest BCUT2D eigenvalue weighted by Gasteiger charge is -2.32. The Kier molecular flexibility index (Phi) is 7.85. The van der Waals surface area contributed by atoms with E-state index in [1.54, 1.807) is 13.1 Å². The molecular weight excluding hydrogens is 442 g/mol. The molecule has 1 amide bonds. The van der Waals surface area contributed by atoms with Crippen LogP contribution in [0.2, 0.25) is 0 Å². The molecule has 1 fully saturated rings. The van der Waals surface area contributed by atoms with E-state index in [0.717, 1.165) is 43.9 Å². The van der Waals surface area contributed by atoms with Gasteiger partial charge in [0, 0.05) is 25.5 Å². The normalized spacial score (nSPS) is 14.3. The zero-order valence-corrected chi connectivity index (χ0v) is 19.8. The molecule has 0 aliphatic carbocycles. The third kappa shape index (κ3) is 6.11. The van der Waals surface area contributed by atoms with Gasteiger partial charge in [0.15, 0.2) is 0 Å². The van der Waals surface area contributed by atoms with Crippen molar-refractivity contribution in [2.75, 3.05) is 32.0 Å². The first-order valence-electron chi connectivity index (χ1n) is 11.8.